The Kier molecular flexibility index (Phi) is 8.06. The highest BCUT2D eigenvalue weighted by atomic mass is 79.9. The van der Waals surface area contributed by atoms with Crippen molar-refractivity contribution in [3.8, 4) is 11.5 Å². The van der Waals surface area contributed by atoms with Crippen molar-refractivity contribution in [3.63, 3.8) is 0 Å². The second-order valence-electron chi connectivity index (χ2n) is 6.31. The summed E-state index contributed by atoms with van der Waals surface area (Å²) < 4.78 is 11.5. The van der Waals surface area contributed by atoms with Crippen molar-refractivity contribution in [2.45, 2.75) is 20.3 Å². The molecule has 0 saturated heterocycles. The summed E-state index contributed by atoms with van der Waals surface area (Å²) in [4.78, 5) is 12.3. The molecule has 27 heavy (non-hydrogen) atoms. The number of thiocarbonyl (C=S) groups is 1. The van der Waals surface area contributed by atoms with Crippen LogP contribution < -0.4 is 20.1 Å². The lowest BCUT2D eigenvalue weighted by molar-refractivity contribution is 0.0977. The lowest BCUT2D eigenvalue weighted by atomic mass is 10.1. The first kappa shape index (κ1) is 21.2. The highest BCUT2D eigenvalue weighted by molar-refractivity contribution is 9.10. The van der Waals surface area contributed by atoms with E-state index >= 15 is 0 Å². The van der Waals surface area contributed by atoms with Gasteiger partial charge < -0.3 is 14.8 Å². The third kappa shape index (κ3) is 6.84. The number of nitrogens with one attached hydrogen (secondary N) is 2. The van der Waals surface area contributed by atoms with Crippen LogP contribution in [0.25, 0.3) is 0 Å². The Morgan fingerprint density at radius 3 is 2.48 bits per heavy atom. The van der Waals surface area contributed by atoms with Crippen LogP contribution in [0.3, 0.4) is 0 Å². The van der Waals surface area contributed by atoms with Gasteiger partial charge >= 0.3 is 0 Å². The molecule has 0 heterocycles. The zero-order valence-corrected chi connectivity index (χ0v) is 17.9. The van der Waals surface area contributed by atoms with Gasteiger partial charge in [-0.15, -0.1) is 0 Å². The fraction of sp³-hybridized carbons (Fsp3) is 0.300. The van der Waals surface area contributed by atoms with Gasteiger partial charge in [0.25, 0.3) is 5.91 Å². The van der Waals surface area contributed by atoms with Crippen molar-refractivity contribution in [2.75, 3.05) is 19.0 Å². The molecule has 2 N–H and O–H groups in total. The SMILES string of the molecule is COc1ccc(C(=O)NC(=S)Nc2ccc(OCCC(C)C)cc2)cc1Br. The molecule has 0 aliphatic rings. The van der Waals surface area contributed by atoms with Crippen molar-refractivity contribution in [3.05, 3.63) is 52.5 Å². The van der Waals surface area contributed by atoms with E-state index in [4.69, 9.17) is 21.7 Å². The first-order valence-electron chi connectivity index (χ1n) is 8.57. The van der Waals surface area contributed by atoms with Crippen molar-refractivity contribution in [2.24, 2.45) is 5.92 Å². The van der Waals surface area contributed by atoms with Gasteiger partial charge in [-0.05, 0) is 83.0 Å². The summed E-state index contributed by atoms with van der Waals surface area (Å²) >= 11 is 8.58. The molecule has 2 aromatic rings. The zero-order valence-electron chi connectivity index (χ0n) is 15.5. The molecule has 5 nitrogen and oxygen atoms in total. The molecular formula is C20H23BrN2O3S. The standard InChI is InChI=1S/C20H23BrN2O3S/c1-13(2)10-11-26-16-7-5-15(6-8-16)22-20(27)23-19(24)14-4-9-18(25-3)17(21)12-14/h4-9,12-13H,10-11H2,1-3H3,(H2,22,23,24,27). The molecule has 0 atom stereocenters. The maximum atomic E-state index is 12.3. The van der Waals surface area contributed by atoms with Gasteiger partial charge in [0.1, 0.15) is 11.5 Å². The summed E-state index contributed by atoms with van der Waals surface area (Å²) in [6.07, 6.45) is 1.01. The normalized spacial score (nSPS) is 10.4. The molecule has 0 aliphatic carbocycles. The Balaban J connectivity index is 1.87. The fourth-order valence-corrected chi connectivity index (χ4v) is 2.94. The van der Waals surface area contributed by atoms with Gasteiger partial charge in [0.05, 0.1) is 18.2 Å². The van der Waals surface area contributed by atoms with E-state index in [1.807, 2.05) is 24.3 Å². The molecule has 0 aliphatic heterocycles. The van der Waals surface area contributed by atoms with E-state index in [-0.39, 0.29) is 11.0 Å². The molecule has 1 amide bonds. The molecule has 0 fully saturated rings. The zero-order chi connectivity index (χ0) is 19.8. The summed E-state index contributed by atoms with van der Waals surface area (Å²) in [5, 5.41) is 5.87. The second kappa shape index (κ2) is 10.3. The van der Waals surface area contributed by atoms with E-state index in [9.17, 15) is 4.79 Å². The molecule has 0 radical (unpaired) electrons. The third-order valence-corrected chi connectivity index (χ3v) is 4.54. The van der Waals surface area contributed by atoms with Gasteiger partial charge in [-0.3, -0.25) is 10.1 Å². The average Bonchev–Trinajstić information content (AvgIpc) is 2.62. The van der Waals surface area contributed by atoms with Gasteiger partial charge in [-0.2, -0.15) is 0 Å². The predicted molar refractivity (Wildman–Crippen MR) is 116 cm³/mol. The Hall–Kier alpha value is -2.12. The summed E-state index contributed by atoms with van der Waals surface area (Å²) in [5.74, 6) is 1.77. The molecular weight excluding hydrogens is 428 g/mol. The third-order valence-electron chi connectivity index (χ3n) is 3.72. The minimum absolute atomic E-state index is 0.223. The molecule has 2 aromatic carbocycles. The number of rotatable bonds is 7. The van der Waals surface area contributed by atoms with E-state index in [2.05, 4.69) is 40.4 Å². The number of benzene rings is 2. The summed E-state index contributed by atoms with van der Waals surface area (Å²) in [6.45, 7) is 5.02. The first-order valence-corrected chi connectivity index (χ1v) is 9.78. The average molecular weight is 451 g/mol. The number of carbonyl (C=O) groups excluding carboxylic acids is 1. The molecule has 0 bridgehead atoms. The Morgan fingerprint density at radius 2 is 1.89 bits per heavy atom. The number of ether oxygens (including phenoxy) is 2. The number of halogens is 1. The molecule has 7 heteroatoms. The maximum Gasteiger partial charge on any atom is 0.257 e. The lowest BCUT2D eigenvalue weighted by Gasteiger charge is -2.12. The topological polar surface area (TPSA) is 59.6 Å². The lowest BCUT2D eigenvalue weighted by Crippen LogP contribution is -2.34. The van der Waals surface area contributed by atoms with Gasteiger partial charge in [0, 0.05) is 11.3 Å². The van der Waals surface area contributed by atoms with E-state index in [1.54, 1.807) is 25.3 Å². The van der Waals surface area contributed by atoms with Crippen LogP contribution in [-0.4, -0.2) is 24.7 Å². The Bertz CT molecular complexity index is 794. The number of carbonyl (C=O) groups is 1. The minimum Gasteiger partial charge on any atom is -0.496 e. The van der Waals surface area contributed by atoms with Crippen molar-refractivity contribution >= 4 is 44.9 Å². The van der Waals surface area contributed by atoms with Crippen LogP contribution in [0.15, 0.2) is 46.9 Å². The van der Waals surface area contributed by atoms with Crippen molar-refractivity contribution in [1.82, 2.24) is 5.32 Å². The highest BCUT2D eigenvalue weighted by Crippen LogP contribution is 2.25. The Morgan fingerprint density at radius 1 is 1.19 bits per heavy atom. The van der Waals surface area contributed by atoms with E-state index < -0.39 is 0 Å². The van der Waals surface area contributed by atoms with E-state index in [0.29, 0.717) is 28.3 Å². The fourth-order valence-electron chi connectivity index (χ4n) is 2.19. The molecule has 0 unspecified atom stereocenters. The summed E-state index contributed by atoms with van der Waals surface area (Å²) in [5.41, 5.74) is 1.24. The van der Waals surface area contributed by atoms with Gasteiger partial charge in [-0.25, -0.2) is 0 Å². The van der Waals surface area contributed by atoms with Crippen LogP contribution in [0.4, 0.5) is 5.69 Å². The number of hydrogen-bond donors (Lipinski definition) is 2. The first-order chi connectivity index (χ1) is 12.9. The van der Waals surface area contributed by atoms with Crippen LogP contribution in [0, 0.1) is 5.92 Å². The minimum atomic E-state index is -0.301. The van der Waals surface area contributed by atoms with Crippen LogP contribution in [0.2, 0.25) is 0 Å². The number of anilines is 1. The second-order valence-corrected chi connectivity index (χ2v) is 7.58. The van der Waals surface area contributed by atoms with Crippen LogP contribution in [-0.2, 0) is 0 Å². The molecule has 144 valence electrons. The van der Waals surface area contributed by atoms with Crippen LogP contribution >= 0.6 is 28.1 Å². The van der Waals surface area contributed by atoms with E-state index in [0.717, 1.165) is 17.9 Å². The number of hydrogen-bond acceptors (Lipinski definition) is 4. The molecule has 0 aromatic heterocycles. The van der Waals surface area contributed by atoms with E-state index in [1.165, 1.54) is 0 Å². The number of methoxy groups -OCH3 is 1. The van der Waals surface area contributed by atoms with Crippen LogP contribution in [0.1, 0.15) is 30.6 Å². The summed E-state index contributed by atoms with van der Waals surface area (Å²) in [7, 11) is 1.57. The number of amides is 1. The quantitative estimate of drug-likeness (QED) is 0.580. The largest absolute Gasteiger partial charge is 0.496 e. The van der Waals surface area contributed by atoms with Gasteiger partial charge in [0.2, 0.25) is 0 Å². The van der Waals surface area contributed by atoms with Gasteiger partial charge in [0.15, 0.2) is 5.11 Å². The summed E-state index contributed by atoms with van der Waals surface area (Å²) in [6, 6.07) is 12.5. The Labute approximate surface area is 173 Å². The van der Waals surface area contributed by atoms with Crippen LogP contribution in [0.5, 0.6) is 11.5 Å². The highest BCUT2D eigenvalue weighted by Gasteiger charge is 2.10. The maximum absolute atomic E-state index is 12.3. The smallest absolute Gasteiger partial charge is 0.257 e. The molecule has 0 saturated carbocycles. The predicted octanol–water partition coefficient (Wildman–Crippen LogP) is 5.01. The van der Waals surface area contributed by atoms with Crippen molar-refractivity contribution in [1.29, 1.82) is 0 Å². The molecule has 2 rings (SSSR count). The monoisotopic (exact) mass is 450 g/mol. The molecule has 0 spiro atoms. The van der Waals surface area contributed by atoms with Gasteiger partial charge in [-0.1, -0.05) is 13.8 Å². The van der Waals surface area contributed by atoms with Crippen molar-refractivity contribution < 1.29 is 14.3 Å².